The van der Waals surface area contributed by atoms with Crippen LogP contribution in [0.5, 0.6) is 0 Å². The predicted octanol–water partition coefficient (Wildman–Crippen LogP) is 7.09. The largest absolute Gasteiger partial charge is 0.453 e. The van der Waals surface area contributed by atoms with Gasteiger partial charge in [-0.2, -0.15) is 0 Å². The number of aromatic amines is 1. The van der Waals surface area contributed by atoms with Gasteiger partial charge in [-0.3, -0.25) is 19.4 Å². The number of likely N-dealkylation sites (tertiary alicyclic amines) is 2. The van der Waals surface area contributed by atoms with E-state index < -0.39 is 30.7 Å². The molecule has 6 heterocycles. The van der Waals surface area contributed by atoms with Gasteiger partial charge >= 0.3 is 6.09 Å². The highest BCUT2D eigenvalue weighted by molar-refractivity contribution is 7.27. The maximum atomic E-state index is 14.0. The Morgan fingerprint density at radius 2 is 1.54 bits per heavy atom. The Labute approximate surface area is 350 Å². The smallest absolute Gasteiger partial charge is 0.407 e. The minimum Gasteiger partial charge on any atom is -0.453 e. The molecule has 1 unspecified atom stereocenters. The quantitative estimate of drug-likeness (QED) is 0.104. The Morgan fingerprint density at radius 1 is 0.881 bits per heavy atom. The molecular weight excluding hydrogens is 787 g/mol. The van der Waals surface area contributed by atoms with Crippen molar-refractivity contribution in [1.29, 1.82) is 0 Å². The molecule has 3 aromatic heterocycles. The van der Waals surface area contributed by atoms with Crippen molar-refractivity contribution in [3.05, 3.63) is 94.7 Å². The lowest BCUT2D eigenvalue weighted by Crippen LogP contribution is -2.51. The fourth-order valence-corrected chi connectivity index (χ4v) is 10.9. The molecule has 0 aliphatic carbocycles. The summed E-state index contributed by atoms with van der Waals surface area (Å²) in [5.41, 5.74) is 8.08. The van der Waals surface area contributed by atoms with E-state index in [9.17, 15) is 24.3 Å². The second kappa shape index (κ2) is 17.3. The highest BCUT2D eigenvalue weighted by Gasteiger charge is 2.39. The van der Waals surface area contributed by atoms with Gasteiger partial charge in [-0.05, 0) is 53.9 Å². The molecule has 3 aliphatic rings. The number of nitrogens with one attached hydrogen (secondary N) is 3. The number of ether oxygens (including phenoxy) is 1. The van der Waals surface area contributed by atoms with Crippen LogP contribution >= 0.6 is 22.7 Å². The molecule has 59 heavy (non-hydrogen) atoms. The Kier molecular flexibility index (Phi) is 11.8. The zero-order chi connectivity index (χ0) is 41.2. The second-order valence-electron chi connectivity index (χ2n) is 15.5. The summed E-state index contributed by atoms with van der Waals surface area (Å²) in [4.78, 5) is 68.5. The first-order valence-electron chi connectivity index (χ1n) is 20.0. The molecule has 2 aromatic carbocycles. The number of hydrogen-bond donors (Lipinski definition) is 4. The van der Waals surface area contributed by atoms with Crippen molar-refractivity contribution < 1.29 is 29.0 Å². The number of aliphatic hydroxyl groups excluding tert-OH is 1. The third kappa shape index (κ3) is 8.06. The molecule has 2 saturated heterocycles. The average Bonchev–Trinajstić information content (AvgIpc) is 4.11. The maximum Gasteiger partial charge on any atom is 0.407 e. The number of benzene rings is 2. The van der Waals surface area contributed by atoms with E-state index in [-0.39, 0.29) is 29.8 Å². The Morgan fingerprint density at radius 3 is 2.24 bits per heavy atom. The molecule has 3 aliphatic heterocycles. The number of amides is 4. The minimum absolute atomic E-state index is 0.137. The van der Waals surface area contributed by atoms with Gasteiger partial charge in [-0.1, -0.05) is 68.4 Å². The van der Waals surface area contributed by atoms with Crippen LogP contribution in [0.3, 0.4) is 0 Å². The van der Waals surface area contributed by atoms with Crippen molar-refractivity contribution in [2.24, 2.45) is 10.9 Å². The lowest BCUT2D eigenvalue weighted by Gasteiger charge is -2.30. The van der Waals surface area contributed by atoms with Crippen LogP contribution in [0.15, 0.2) is 82.7 Å². The Balaban J connectivity index is 0.937. The van der Waals surface area contributed by atoms with Gasteiger partial charge in [0, 0.05) is 53.3 Å². The lowest BCUT2D eigenvalue weighted by molar-refractivity contribution is -0.139. The summed E-state index contributed by atoms with van der Waals surface area (Å²) in [5, 5.41) is 19.1. The number of H-pyrrole nitrogens is 1. The van der Waals surface area contributed by atoms with E-state index in [0.717, 1.165) is 53.8 Å². The van der Waals surface area contributed by atoms with Gasteiger partial charge in [0.05, 0.1) is 40.5 Å². The molecule has 4 amide bonds. The van der Waals surface area contributed by atoms with Crippen LogP contribution in [0.25, 0.3) is 37.4 Å². The van der Waals surface area contributed by atoms with Crippen LogP contribution in [0.4, 0.5) is 4.79 Å². The number of carbonyl (C=O) groups is 4. The molecule has 0 radical (unpaired) electrons. The Hall–Kier alpha value is -5.64. The number of nitrogens with zero attached hydrogens (tertiary/aromatic N) is 4. The summed E-state index contributed by atoms with van der Waals surface area (Å²) in [6.07, 6.45) is 7.02. The normalized spacial score (nSPS) is 18.9. The van der Waals surface area contributed by atoms with Crippen molar-refractivity contribution in [1.82, 2.24) is 30.4 Å². The summed E-state index contributed by atoms with van der Waals surface area (Å²) in [7, 11) is 1.29. The maximum absolute atomic E-state index is 14.0. The molecule has 15 heteroatoms. The topological polar surface area (TPSA) is 169 Å². The highest BCUT2D eigenvalue weighted by Crippen LogP contribution is 2.45. The van der Waals surface area contributed by atoms with E-state index in [0.29, 0.717) is 30.9 Å². The van der Waals surface area contributed by atoms with Gasteiger partial charge in [0.2, 0.25) is 17.7 Å². The highest BCUT2D eigenvalue weighted by atomic mass is 32.1. The first kappa shape index (κ1) is 40.2. The van der Waals surface area contributed by atoms with Gasteiger partial charge in [-0.25, -0.2) is 9.78 Å². The number of rotatable bonds is 12. The van der Waals surface area contributed by atoms with Gasteiger partial charge in [0.15, 0.2) is 0 Å². The van der Waals surface area contributed by atoms with Crippen molar-refractivity contribution in [3.63, 3.8) is 0 Å². The van der Waals surface area contributed by atoms with Crippen LogP contribution in [-0.4, -0.2) is 93.3 Å². The number of fused-ring (bicyclic) bond motifs is 1. The number of hydrogen-bond acceptors (Lipinski definition) is 10. The zero-order valence-electron chi connectivity index (χ0n) is 33.1. The fourth-order valence-electron chi connectivity index (χ4n) is 8.42. The molecule has 4 N–H and O–H groups in total. The van der Waals surface area contributed by atoms with Gasteiger partial charge in [0.25, 0.3) is 0 Å². The molecule has 4 atom stereocenters. The SMILES string of the molecule is COC(=O)N[C@@H](C(=O)N1CCCC1C1=NC=C(c2csc3c(-c4ccc(-c5cnc([C@@H]6CCCN6C(=O)[C@@H](NC(=O)CO)C(C)C)[nH]5)cc4)csc23)C1)c1ccccc1. The number of alkyl carbamates (subject to hydrolysis) is 1. The second-order valence-corrected chi connectivity index (χ2v) is 17.2. The van der Waals surface area contributed by atoms with E-state index >= 15 is 0 Å². The monoisotopic (exact) mass is 833 g/mol. The van der Waals surface area contributed by atoms with Gasteiger partial charge in [0.1, 0.15) is 24.5 Å². The molecule has 2 fully saturated rings. The van der Waals surface area contributed by atoms with E-state index in [2.05, 4.69) is 50.6 Å². The van der Waals surface area contributed by atoms with Crippen molar-refractivity contribution in [3.8, 4) is 22.4 Å². The molecule has 0 bridgehead atoms. The molecular formula is C44H47N7O6S2. The Bertz CT molecular complexity index is 2420. The third-order valence-corrected chi connectivity index (χ3v) is 13.6. The van der Waals surface area contributed by atoms with Gasteiger partial charge in [-0.15, -0.1) is 22.7 Å². The summed E-state index contributed by atoms with van der Waals surface area (Å²) >= 11 is 3.45. The molecule has 13 nitrogen and oxygen atoms in total. The molecule has 8 rings (SSSR count). The zero-order valence-corrected chi connectivity index (χ0v) is 34.8. The number of aliphatic hydroxyl groups is 1. The number of aromatic nitrogens is 2. The molecule has 306 valence electrons. The van der Waals surface area contributed by atoms with E-state index in [1.165, 1.54) is 27.6 Å². The minimum atomic E-state index is -0.857. The summed E-state index contributed by atoms with van der Waals surface area (Å²) in [5.74, 6) is -0.330. The van der Waals surface area contributed by atoms with Crippen LogP contribution in [0.1, 0.15) is 75.0 Å². The van der Waals surface area contributed by atoms with Crippen molar-refractivity contribution in [2.75, 3.05) is 26.8 Å². The van der Waals surface area contributed by atoms with Crippen LogP contribution in [0.2, 0.25) is 0 Å². The third-order valence-electron chi connectivity index (χ3n) is 11.5. The number of aliphatic imine (C=N–C) groups is 1. The van der Waals surface area contributed by atoms with E-state index in [1.54, 1.807) is 33.8 Å². The van der Waals surface area contributed by atoms with Crippen LogP contribution in [0, 0.1) is 5.92 Å². The standard InChI is InChI=1S/C44H47N7O6S2/c1-25(2)37(48-36(53)22-52)42(54)51-18-8-12-35(51)41-46-21-33(47-41)27-15-13-26(14-16-27)30-23-58-40-31(24-59-39(30)40)29-19-32(45-20-29)34-11-7-17-50(34)43(55)38(49-44(56)57-3)28-9-5-4-6-10-28/h4-6,9-10,13-16,20-21,23-25,34-35,37-38,52H,7-8,11-12,17-19,22H2,1-3H3,(H,46,47)(H,48,53)(H,49,56)/t34?,35-,37-,38+/m0/s1. The van der Waals surface area contributed by atoms with Crippen LogP contribution < -0.4 is 10.6 Å². The summed E-state index contributed by atoms with van der Waals surface area (Å²) < 4.78 is 7.29. The van der Waals surface area contributed by atoms with Crippen molar-refractivity contribution >= 4 is 67.2 Å². The van der Waals surface area contributed by atoms with E-state index in [4.69, 9.17) is 14.7 Å². The number of methoxy groups -OCH3 is 1. The molecule has 0 spiro atoms. The van der Waals surface area contributed by atoms with Gasteiger partial charge < -0.3 is 35.3 Å². The molecule has 0 saturated carbocycles. The summed E-state index contributed by atoms with van der Waals surface area (Å²) in [6.45, 7) is 4.26. The number of carbonyl (C=O) groups excluding carboxylic acids is 4. The number of allylic oxidation sites excluding steroid dienone is 1. The van der Waals surface area contributed by atoms with Crippen molar-refractivity contribution in [2.45, 2.75) is 70.1 Å². The first-order chi connectivity index (χ1) is 28.6. The predicted molar refractivity (Wildman–Crippen MR) is 230 cm³/mol. The van der Waals surface area contributed by atoms with E-state index in [1.807, 2.05) is 55.3 Å². The number of imidazole rings is 1. The lowest BCUT2D eigenvalue weighted by atomic mass is 9.99. The van der Waals surface area contributed by atoms with Crippen LogP contribution in [-0.2, 0) is 19.1 Å². The average molecular weight is 834 g/mol. The number of thiophene rings is 2. The first-order valence-corrected chi connectivity index (χ1v) is 21.7. The molecule has 5 aromatic rings. The summed E-state index contributed by atoms with van der Waals surface area (Å²) in [6, 6.07) is 15.7. The fraction of sp³-hybridized carbons (Fsp3) is 0.364.